The molecule has 0 radical (unpaired) electrons. The van der Waals surface area contributed by atoms with Crippen molar-refractivity contribution in [2.24, 2.45) is 0 Å². The standard InChI is InChI=1S/C19H28N2O2/c1-2-5-17(4-1)21-9-3-8-20(10-11-21)15-16-6-7-18-19(14-16)23-13-12-22-18/h6-7,14,17H,1-5,8-13,15H2. The van der Waals surface area contributed by atoms with Crippen molar-refractivity contribution in [3.05, 3.63) is 23.8 Å². The van der Waals surface area contributed by atoms with Crippen molar-refractivity contribution < 1.29 is 9.47 Å². The minimum absolute atomic E-state index is 0.662. The molecule has 4 heteroatoms. The van der Waals surface area contributed by atoms with Gasteiger partial charge in [0.15, 0.2) is 11.5 Å². The molecule has 0 spiro atoms. The minimum Gasteiger partial charge on any atom is -0.486 e. The minimum atomic E-state index is 0.662. The Labute approximate surface area is 139 Å². The molecule has 0 amide bonds. The van der Waals surface area contributed by atoms with Gasteiger partial charge in [0.05, 0.1) is 0 Å². The van der Waals surface area contributed by atoms with Gasteiger partial charge in [0, 0.05) is 25.7 Å². The van der Waals surface area contributed by atoms with Gasteiger partial charge in [0.2, 0.25) is 0 Å². The summed E-state index contributed by atoms with van der Waals surface area (Å²) in [5, 5.41) is 0. The van der Waals surface area contributed by atoms with Gasteiger partial charge < -0.3 is 9.47 Å². The molecule has 2 aliphatic heterocycles. The smallest absolute Gasteiger partial charge is 0.161 e. The van der Waals surface area contributed by atoms with Gasteiger partial charge in [-0.15, -0.1) is 0 Å². The highest BCUT2D eigenvalue weighted by Gasteiger charge is 2.24. The second-order valence-electron chi connectivity index (χ2n) is 7.08. The van der Waals surface area contributed by atoms with Crippen LogP contribution in [0.15, 0.2) is 18.2 Å². The fourth-order valence-electron chi connectivity index (χ4n) is 4.23. The summed E-state index contributed by atoms with van der Waals surface area (Å²) in [5.74, 6) is 1.81. The van der Waals surface area contributed by atoms with E-state index in [9.17, 15) is 0 Å². The topological polar surface area (TPSA) is 24.9 Å². The second kappa shape index (κ2) is 7.10. The van der Waals surface area contributed by atoms with Crippen molar-refractivity contribution in [1.29, 1.82) is 0 Å². The summed E-state index contributed by atoms with van der Waals surface area (Å²) >= 11 is 0. The van der Waals surface area contributed by atoms with Crippen LogP contribution in [-0.4, -0.2) is 55.2 Å². The maximum absolute atomic E-state index is 5.71. The number of nitrogens with zero attached hydrogens (tertiary/aromatic N) is 2. The number of fused-ring (bicyclic) bond motifs is 1. The van der Waals surface area contributed by atoms with Crippen molar-refractivity contribution in [3.8, 4) is 11.5 Å². The maximum Gasteiger partial charge on any atom is 0.161 e. The van der Waals surface area contributed by atoms with E-state index < -0.39 is 0 Å². The molecule has 3 aliphatic rings. The molecule has 4 rings (SSSR count). The Morgan fingerprint density at radius 2 is 1.70 bits per heavy atom. The first-order valence-corrected chi connectivity index (χ1v) is 9.23. The molecule has 0 unspecified atom stereocenters. The Morgan fingerprint density at radius 1 is 0.870 bits per heavy atom. The molecule has 4 nitrogen and oxygen atoms in total. The van der Waals surface area contributed by atoms with Gasteiger partial charge in [-0.3, -0.25) is 9.80 Å². The van der Waals surface area contributed by atoms with Gasteiger partial charge in [-0.2, -0.15) is 0 Å². The first-order valence-electron chi connectivity index (χ1n) is 9.23. The van der Waals surface area contributed by atoms with Gasteiger partial charge in [-0.1, -0.05) is 18.9 Å². The third-order valence-electron chi connectivity index (χ3n) is 5.48. The van der Waals surface area contributed by atoms with Gasteiger partial charge in [0.1, 0.15) is 13.2 Å². The SMILES string of the molecule is c1cc2c(cc1CN1CCCN(C3CCCC3)CC1)OCCO2. The van der Waals surface area contributed by atoms with E-state index in [1.165, 1.54) is 63.8 Å². The number of ether oxygens (including phenoxy) is 2. The van der Waals surface area contributed by atoms with E-state index in [2.05, 4.69) is 28.0 Å². The molecule has 0 aromatic heterocycles. The van der Waals surface area contributed by atoms with Crippen LogP contribution in [0.1, 0.15) is 37.7 Å². The van der Waals surface area contributed by atoms with E-state index >= 15 is 0 Å². The summed E-state index contributed by atoms with van der Waals surface area (Å²) < 4.78 is 11.3. The van der Waals surface area contributed by atoms with Crippen molar-refractivity contribution in [1.82, 2.24) is 9.80 Å². The molecule has 1 aliphatic carbocycles. The monoisotopic (exact) mass is 316 g/mol. The van der Waals surface area contributed by atoms with E-state index in [4.69, 9.17) is 9.47 Å². The third kappa shape index (κ3) is 3.64. The molecule has 2 fully saturated rings. The Kier molecular flexibility index (Phi) is 4.72. The lowest BCUT2D eigenvalue weighted by molar-refractivity contribution is 0.171. The Bertz CT molecular complexity index is 528. The zero-order valence-corrected chi connectivity index (χ0v) is 14.0. The number of rotatable bonds is 3. The molecular weight excluding hydrogens is 288 g/mol. The van der Waals surface area contributed by atoms with Crippen LogP contribution < -0.4 is 9.47 Å². The zero-order valence-electron chi connectivity index (χ0n) is 14.0. The van der Waals surface area contributed by atoms with E-state index in [1.807, 2.05) is 0 Å². The largest absolute Gasteiger partial charge is 0.486 e. The van der Waals surface area contributed by atoms with Gasteiger partial charge >= 0.3 is 0 Å². The molecule has 2 heterocycles. The number of benzene rings is 1. The third-order valence-corrected chi connectivity index (χ3v) is 5.48. The lowest BCUT2D eigenvalue weighted by Crippen LogP contribution is -2.36. The van der Waals surface area contributed by atoms with E-state index in [0.29, 0.717) is 13.2 Å². The zero-order chi connectivity index (χ0) is 15.5. The molecule has 0 bridgehead atoms. The summed E-state index contributed by atoms with van der Waals surface area (Å²) in [4.78, 5) is 5.34. The fraction of sp³-hybridized carbons (Fsp3) is 0.684. The van der Waals surface area contributed by atoms with E-state index in [1.54, 1.807) is 0 Å². The lowest BCUT2D eigenvalue weighted by Gasteiger charge is -2.27. The Balaban J connectivity index is 1.35. The quantitative estimate of drug-likeness (QED) is 0.856. The number of hydrogen-bond donors (Lipinski definition) is 0. The lowest BCUT2D eigenvalue weighted by atomic mass is 10.1. The summed E-state index contributed by atoms with van der Waals surface area (Å²) in [7, 11) is 0. The van der Waals surface area contributed by atoms with Crippen molar-refractivity contribution >= 4 is 0 Å². The van der Waals surface area contributed by atoms with Gasteiger partial charge in [-0.05, 0) is 50.0 Å². The van der Waals surface area contributed by atoms with E-state index in [-0.39, 0.29) is 0 Å². The molecular formula is C19H28N2O2. The van der Waals surface area contributed by atoms with Crippen LogP contribution in [0, 0.1) is 0 Å². The Hall–Kier alpha value is -1.26. The first-order chi connectivity index (χ1) is 11.4. The highest BCUT2D eigenvalue weighted by Crippen LogP contribution is 2.31. The molecule has 126 valence electrons. The first kappa shape index (κ1) is 15.3. The molecule has 0 atom stereocenters. The van der Waals surface area contributed by atoms with Crippen LogP contribution in [-0.2, 0) is 6.54 Å². The van der Waals surface area contributed by atoms with Crippen LogP contribution in [0.5, 0.6) is 11.5 Å². The van der Waals surface area contributed by atoms with Crippen LogP contribution >= 0.6 is 0 Å². The molecule has 0 N–H and O–H groups in total. The Morgan fingerprint density at radius 3 is 2.57 bits per heavy atom. The predicted octanol–water partition coefficient (Wildman–Crippen LogP) is 2.91. The normalized spacial score (nSPS) is 23.8. The molecule has 23 heavy (non-hydrogen) atoms. The van der Waals surface area contributed by atoms with Crippen molar-refractivity contribution in [2.45, 2.75) is 44.7 Å². The average molecular weight is 316 g/mol. The van der Waals surface area contributed by atoms with Crippen molar-refractivity contribution in [2.75, 3.05) is 39.4 Å². The highest BCUT2D eigenvalue weighted by molar-refractivity contribution is 5.43. The van der Waals surface area contributed by atoms with Crippen LogP contribution in [0.25, 0.3) is 0 Å². The predicted molar refractivity (Wildman–Crippen MR) is 91.2 cm³/mol. The van der Waals surface area contributed by atoms with E-state index in [0.717, 1.165) is 24.1 Å². The molecule has 1 aromatic rings. The van der Waals surface area contributed by atoms with Crippen LogP contribution in [0.3, 0.4) is 0 Å². The second-order valence-corrected chi connectivity index (χ2v) is 7.08. The maximum atomic E-state index is 5.71. The van der Waals surface area contributed by atoms with Crippen LogP contribution in [0.2, 0.25) is 0 Å². The summed E-state index contributed by atoms with van der Waals surface area (Å²) in [6, 6.07) is 7.28. The molecule has 1 saturated carbocycles. The molecule has 1 aromatic carbocycles. The van der Waals surface area contributed by atoms with Gasteiger partial charge in [0.25, 0.3) is 0 Å². The fourth-order valence-corrected chi connectivity index (χ4v) is 4.23. The summed E-state index contributed by atoms with van der Waals surface area (Å²) in [5.41, 5.74) is 1.34. The number of hydrogen-bond acceptors (Lipinski definition) is 4. The summed E-state index contributed by atoms with van der Waals surface area (Å²) in [6.45, 7) is 7.25. The highest BCUT2D eigenvalue weighted by atomic mass is 16.6. The average Bonchev–Trinajstić information content (AvgIpc) is 3.02. The van der Waals surface area contributed by atoms with Crippen LogP contribution in [0.4, 0.5) is 0 Å². The summed E-state index contributed by atoms with van der Waals surface area (Å²) in [6.07, 6.45) is 7.00. The van der Waals surface area contributed by atoms with Crippen molar-refractivity contribution in [3.63, 3.8) is 0 Å². The molecule has 1 saturated heterocycles. The van der Waals surface area contributed by atoms with Gasteiger partial charge in [-0.25, -0.2) is 0 Å².